The molecule has 8 rings (SSSR count). The Kier molecular flexibility index (Phi) is 7.34. The van der Waals surface area contributed by atoms with E-state index in [1.54, 1.807) is 12.1 Å². The summed E-state index contributed by atoms with van der Waals surface area (Å²) in [6.07, 6.45) is 6.64. The molecule has 2 heterocycles. The highest BCUT2D eigenvalue weighted by atomic mass is 28.2. The fourth-order valence-corrected chi connectivity index (χ4v) is 8.55. The number of anilines is 1. The second-order valence-electron chi connectivity index (χ2n) is 13.6. The molecule has 5 aromatic carbocycles. The summed E-state index contributed by atoms with van der Waals surface area (Å²) in [6, 6.07) is 28.9. The molecule has 6 heteroatoms. The molecule has 0 N–H and O–H groups in total. The zero-order chi connectivity index (χ0) is 32.3. The van der Waals surface area contributed by atoms with Crippen molar-refractivity contribution in [1.29, 1.82) is 0 Å². The first-order valence-corrected chi connectivity index (χ1v) is 17.9. The zero-order valence-electron chi connectivity index (χ0n) is 26.9. The van der Waals surface area contributed by atoms with E-state index in [2.05, 4.69) is 73.8 Å². The molecule has 47 heavy (non-hydrogen) atoms. The quantitative estimate of drug-likeness (QED) is 0.172. The molecule has 3 nitrogen and oxygen atoms in total. The Labute approximate surface area is 277 Å². The molecule has 236 valence electrons. The molecule has 2 unspecified atom stereocenters. The highest BCUT2D eigenvalue weighted by Crippen LogP contribution is 2.58. The first kappa shape index (κ1) is 30.1. The van der Waals surface area contributed by atoms with Gasteiger partial charge in [-0.1, -0.05) is 74.5 Å². The Bertz CT molecular complexity index is 2020. The molecule has 1 aliphatic carbocycles. The number of benzene rings is 5. The van der Waals surface area contributed by atoms with Gasteiger partial charge in [-0.15, -0.1) is 0 Å². The molecule has 0 saturated carbocycles. The first-order valence-electron chi connectivity index (χ1n) is 16.5. The minimum atomic E-state index is -0.942. The van der Waals surface area contributed by atoms with Crippen LogP contribution in [0.2, 0.25) is 6.55 Å². The molecule has 0 spiro atoms. The van der Waals surface area contributed by atoms with Crippen LogP contribution in [0.3, 0.4) is 0 Å². The van der Waals surface area contributed by atoms with Crippen LogP contribution in [0.4, 0.5) is 14.5 Å². The number of ether oxygens (including phenoxy) is 1. The summed E-state index contributed by atoms with van der Waals surface area (Å²) in [7, 11) is 0.519. The van der Waals surface area contributed by atoms with Crippen LogP contribution in [0.15, 0.2) is 97.1 Å². The van der Waals surface area contributed by atoms with Gasteiger partial charge in [-0.05, 0) is 95.4 Å². The van der Waals surface area contributed by atoms with Gasteiger partial charge in [-0.25, -0.2) is 8.78 Å². The van der Waals surface area contributed by atoms with E-state index in [0.29, 0.717) is 26.8 Å². The van der Waals surface area contributed by atoms with E-state index in [0.717, 1.165) is 70.4 Å². The molecule has 1 fully saturated rings. The smallest absolute Gasteiger partial charge is 0.226 e. The molecular weight excluding hydrogens is 605 g/mol. The van der Waals surface area contributed by atoms with Gasteiger partial charge in [0.1, 0.15) is 17.4 Å². The van der Waals surface area contributed by atoms with E-state index in [9.17, 15) is 4.39 Å². The van der Waals surface area contributed by atoms with Crippen LogP contribution in [0.1, 0.15) is 54.5 Å². The fourth-order valence-electron chi connectivity index (χ4n) is 8.15. The summed E-state index contributed by atoms with van der Waals surface area (Å²) < 4.78 is 42.8. The highest BCUT2D eigenvalue weighted by molar-refractivity contribution is 6.24. The summed E-state index contributed by atoms with van der Waals surface area (Å²) in [5.41, 5.74) is 6.66. The standard InChI is InChI=1S/C41H37F2NO2Si/c1-40(2)36-23-30(43)14-18-33(36)37-32-17-13-29(42)22-35(32)39-34(38(37)40)19-20-41(46-39,27-9-5-4-6-10-27)28-11-15-31(16-12-28)44-21-7-8-26(24-44)25-45-47-3/h4-6,9-20,22-23,26H,7-8,21,24-25H2,1-3H3. The van der Waals surface area contributed by atoms with Crippen LogP contribution < -0.4 is 9.64 Å². The van der Waals surface area contributed by atoms with Crippen molar-refractivity contribution >= 4 is 32.3 Å². The lowest BCUT2D eigenvalue weighted by Crippen LogP contribution is -2.37. The van der Waals surface area contributed by atoms with Crippen LogP contribution in [-0.4, -0.2) is 29.5 Å². The van der Waals surface area contributed by atoms with E-state index in [1.165, 1.54) is 24.2 Å². The number of hydrogen-bond donors (Lipinski definition) is 0. The van der Waals surface area contributed by atoms with Gasteiger partial charge in [0, 0.05) is 52.9 Å². The van der Waals surface area contributed by atoms with E-state index in [1.807, 2.05) is 30.3 Å². The Morgan fingerprint density at radius 3 is 2.43 bits per heavy atom. The molecule has 2 atom stereocenters. The van der Waals surface area contributed by atoms with Gasteiger partial charge in [0.15, 0.2) is 5.60 Å². The van der Waals surface area contributed by atoms with Crippen molar-refractivity contribution in [3.05, 3.63) is 137 Å². The SMILES string of the molecule is C[Si]OCC1CCCN(c2ccc(C3(c4ccccc4)C=Cc4c5c(c6ccc(F)cc6c4O3)-c3ccc(F)cc3C5(C)C)cc2)C1. The van der Waals surface area contributed by atoms with Crippen molar-refractivity contribution in [3.63, 3.8) is 0 Å². The van der Waals surface area contributed by atoms with Crippen molar-refractivity contribution < 1.29 is 17.9 Å². The number of rotatable bonds is 6. The lowest BCUT2D eigenvalue weighted by atomic mass is 9.76. The molecule has 2 radical (unpaired) electrons. The second-order valence-corrected chi connectivity index (χ2v) is 14.2. The number of piperidine rings is 1. The third-order valence-electron chi connectivity index (χ3n) is 10.4. The lowest BCUT2D eigenvalue weighted by molar-refractivity contribution is 0.163. The Morgan fingerprint density at radius 2 is 1.64 bits per heavy atom. The monoisotopic (exact) mass is 641 g/mol. The number of halogens is 2. The third-order valence-corrected chi connectivity index (χ3v) is 10.9. The Hall–Kier alpha value is -4.26. The summed E-state index contributed by atoms with van der Waals surface area (Å²) in [4.78, 5) is 2.46. The molecule has 3 aliphatic rings. The predicted octanol–water partition coefficient (Wildman–Crippen LogP) is 9.67. The van der Waals surface area contributed by atoms with E-state index in [-0.39, 0.29) is 11.6 Å². The molecule has 0 amide bonds. The van der Waals surface area contributed by atoms with Gasteiger partial charge in [-0.3, -0.25) is 0 Å². The predicted molar refractivity (Wildman–Crippen MR) is 187 cm³/mol. The van der Waals surface area contributed by atoms with Gasteiger partial charge in [0.05, 0.1) is 0 Å². The maximum Gasteiger partial charge on any atom is 0.226 e. The van der Waals surface area contributed by atoms with Crippen LogP contribution >= 0.6 is 0 Å². The maximum absolute atomic E-state index is 15.1. The van der Waals surface area contributed by atoms with Crippen molar-refractivity contribution in [3.8, 4) is 16.9 Å². The number of fused-ring (bicyclic) bond motifs is 8. The van der Waals surface area contributed by atoms with Crippen molar-refractivity contribution in [1.82, 2.24) is 0 Å². The normalized spacial score (nSPS) is 20.9. The largest absolute Gasteiger partial charge is 0.472 e. The van der Waals surface area contributed by atoms with Crippen molar-refractivity contribution in [2.75, 3.05) is 24.6 Å². The topological polar surface area (TPSA) is 21.7 Å². The highest BCUT2D eigenvalue weighted by Gasteiger charge is 2.44. The molecular formula is C41H37F2NO2Si. The van der Waals surface area contributed by atoms with E-state index >= 15 is 4.39 Å². The number of hydrogen-bond acceptors (Lipinski definition) is 3. The van der Waals surface area contributed by atoms with Gasteiger partial charge in [0.2, 0.25) is 9.76 Å². The number of nitrogens with zero attached hydrogens (tertiary/aromatic N) is 1. The zero-order valence-corrected chi connectivity index (χ0v) is 27.9. The van der Waals surface area contributed by atoms with Crippen LogP contribution in [0.25, 0.3) is 28.0 Å². The minimum Gasteiger partial charge on any atom is -0.472 e. The van der Waals surface area contributed by atoms with Gasteiger partial charge in [-0.2, -0.15) is 0 Å². The van der Waals surface area contributed by atoms with Crippen LogP contribution in [0.5, 0.6) is 5.75 Å². The molecule has 0 aromatic heterocycles. The van der Waals surface area contributed by atoms with Gasteiger partial charge < -0.3 is 14.1 Å². The molecule has 1 saturated heterocycles. The average Bonchev–Trinajstić information content (AvgIpc) is 3.33. The molecule has 0 bridgehead atoms. The van der Waals surface area contributed by atoms with Crippen molar-refractivity contribution in [2.45, 2.75) is 44.3 Å². The maximum atomic E-state index is 15.1. The molecule has 2 aliphatic heterocycles. The fraction of sp³-hybridized carbons (Fsp3) is 0.268. The Balaban J connectivity index is 1.28. The van der Waals surface area contributed by atoms with Crippen LogP contribution in [-0.2, 0) is 15.4 Å². The van der Waals surface area contributed by atoms with Crippen molar-refractivity contribution in [2.24, 2.45) is 5.92 Å². The third kappa shape index (κ3) is 4.84. The first-order chi connectivity index (χ1) is 22.8. The van der Waals surface area contributed by atoms with Gasteiger partial charge in [0.25, 0.3) is 0 Å². The minimum absolute atomic E-state index is 0.262. The van der Waals surface area contributed by atoms with Crippen LogP contribution in [0, 0.1) is 17.6 Å². The summed E-state index contributed by atoms with van der Waals surface area (Å²) >= 11 is 0. The second kappa shape index (κ2) is 11.5. The lowest BCUT2D eigenvalue weighted by Gasteiger charge is -2.39. The summed E-state index contributed by atoms with van der Waals surface area (Å²) in [5, 5.41) is 1.61. The van der Waals surface area contributed by atoms with Gasteiger partial charge >= 0.3 is 0 Å². The average molecular weight is 642 g/mol. The summed E-state index contributed by atoms with van der Waals surface area (Å²) in [5.74, 6) is 0.594. The Morgan fingerprint density at radius 1 is 0.894 bits per heavy atom. The van der Waals surface area contributed by atoms with E-state index < -0.39 is 11.0 Å². The molecule has 5 aromatic rings. The van der Waals surface area contributed by atoms with E-state index in [4.69, 9.17) is 9.16 Å². The summed E-state index contributed by atoms with van der Waals surface area (Å²) in [6.45, 7) is 9.19.